The zero-order chi connectivity index (χ0) is 27.4. The van der Waals surface area contributed by atoms with E-state index in [-0.39, 0.29) is 0 Å². The van der Waals surface area contributed by atoms with E-state index in [1.54, 1.807) is 0 Å². The van der Waals surface area contributed by atoms with Crippen LogP contribution in [0.1, 0.15) is 94.0 Å². The van der Waals surface area contributed by atoms with Gasteiger partial charge in [-0.25, -0.2) is 9.97 Å². The Morgan fingerprint density at radius 1 is 0.900 bits per heavy atom. The van der Waals surface area contributed by atoms with Gasteiger partial charge < -0.3 is 14.5 Å². The van der Waals surface area contributed by atoms with E-state index in [1.165, 1.54) is 88.7 Å². The minimum Gasteiger partial charge on any atom is -0.348 e. The molecule has 0 unspecified atom stereocenters. The molecule has 7 heteroatoms. The third kappa shape index (κ3) is 6.69. The van der Waals surface area contributed by atoms with Crippen LogP contribution in [0.3, 0.4) is 0 Å². The van der Waals surface area contributed by atoms with E-state index in [2.05, 4.69) is 78.5 Å². The highest BCUT2D eigenvalue weighted by Gasteiger charge is 2.41. The van der Waals surface area contributed by atoms with Crippen molar-refractivity contribution in [3.63, 3.8) is 0 Å². The first-order chi connectivity index (χ1) is 19.6. The lowest BCUT2D eigenvalue weighted by atomic mass is 9.77. The van der Waals surface area contributed by atoms with E-state index in [0.717, 1.165) is 43.9 Å². The number of nitrogens with zero attached hydrogens (tertiary/aromatic N) is 6. The van der Waals surface area contributed by atoms with Crippen LogP contribution in [0.15, 0.2) is 49.1 Å². The molecule has 0 atom stereocenters. The van der Waals surface area contributed by atoms with E-state index in [1.807, 2.05) is 18.6 Å². The van der Waals surface area contributed by atoms with Gasteiger partial charge in [0.2, 0.25) is 0 Å². The van der Waals surface area contributed by atoms with Crippen LogP contribution in [0.2, 0.25) is 0 Å². The summed E-state index contributed by atoms with van der Waals surface area (Å²) in [6.45, 7) is 13.1. The van der Waals surface area contributed by atoms with Crippen molar-refractivity contribution in [2.45, 2.75) is 103 Å². The molecule has 1 aliphatic carbocycles. The van der Waals surface area contributed by atoms with E-state index < -0.39 is 0 Å². The van der Waals surface area contributed by atoms with Gasteiger partial charge in [-0.05, 0) is 82.1 Å². The second-order valence-corrected chi connectivity index (χ2v) is 13.1. The molecule has 1 N–H and O–H groups in total. The number of aromatic nitrogens is 4. The predicted octanol–water partition coefficient (Wildman–Crippen LogP) is 6.01. The van der Waals surface area contributed by atoms with Crippen molar-refractivity contribution in [2.75, 3.05) is 26.2 Å². The summed E-state index contributed by atoms with van der Waals surface area (Å²) in [4.78, 5) is 20.4. The Bertz CT molecular complexity index is 1170. The lowest BCUT2D eigenvalue weighted by Gasteiger charge is -2.43. The average molecular weight is 544 g/mol. The maximum atomic E-state index is 4.67. The largest absolute Gasteiger partial charge is 0.348 e. The molecule has 2 saturated heterocycles. The van der Waals surface area contributed by atoms with Crippen LogP contribution in [0.4, 0.5) is 0 Å². The third-order valence-corrected chi connectivity index (χ3v) is 9.90. The second kappa shape index (κ2) is 12.6. The molecule has 3 aliphatic rings. The number of hydrogen-bond donors (Lipinski definition) is 1. The Hall–Kier alpha value is -2.48. The molecule has 216 valence electrons. The molecule has 4 heterocycles. The first kappa shape index (κ1) is 27.7. The van der Waals surface area contributed by atoms with Crippen molar-refractivity contribution >= 4 is 0 Å². The summed E-state index contributed by atoms with van der Waals surface area (Å²) in [5, 5.41) is 0. The Labute approximate surface area is 241 Å². The van der Waals surface area contributed by atoms with E-state index in [0.29, 0.717) is 11.5 Å². The smallest absolute Gasteiger partial charge is 0.123 e. The number of aromatic amines is 1. The van der Waals surface area contributed by atoms with Gasteiger partial charge in [0.15, 0.2) is 0 Å². The molecule has 0 radical (unpaired) electrons. The van der Waals surface area contributed by atoms with Crippen molar-refractivity contribution in [1.29, 1.82) is 0 Å². The van der Waals surface area contributed by atoms with Crippen LogP contribution < -0.4 is 0 Å². The summed E-state index contributed by atoms with van der Waals surface area (Å²) < 4.78 is 2.26. The zero-order valence-corrected chi connectivity index (χ0v) is 24.8. The van der Waals surface area contributed by atoms with Gasteiger partial charge in [-0.2, -0.15) is 0 Å². The van der Waals surface area contributed by atoms with Crippen LogP contribution in [-0.4, -0.2) is 66.4 Å². The molecule has 0 bridgehead atoms. The number of imidazole rings is 2. The Morgan fingerprint density at radius 2 is 1.65 bits per heavy atom. The van der Waals surface area contributed by atoms with E-state index in [4.69, 9.17) is 0 Å². The number of benzene rings is 1. The molecule has 3 fully saturated rings. The number of piperidine rings is 1. The van der Waals surface area contributed by atoms with Gasteiger partial charge in [0.25, 0.3) is 0 Å². The van der Waals surface area contributed by atoms with E-state index >= 15 is 0 Å². The van der Waals surface area contributed by atoms with Crippen LogP contribution in [0.5, 0.6) is 0 Å². The molecule has 1 saturated carbocycles. The summed E-state index contributed by atoms with van der Waals surface area (Å²) in [5.74, 6) is 2.09. The van der Waals surface area contributed by atoms with Gasteiger partial charge in [-0.3, -0.25) is 9.80 Å². The Kier molecular flexibility index (Phi) is 8.70. The first-order valence-electron chi connectivity index (χ1n) is 15.8. The van der Waals surface area contributed by atoms with E-state index in [9.17, 15) is 0 Å². The van der Waals surface area contributed by atoms with Crippen LogP contribution in [0.25, 0.3) is 0 Å². The van der Waals surface area contributed by atoms with Crippen LogP contribution in [-0.2, 0) is 26.2 Å². The van der Waals surface area contributed by atoms with Crippen molar-refractivity contribution in [1.82, 2.24) is 34.2 Å². The molecule has 7 nitrogen and oxygen atoms in total. The zero-order valence-electron chi connectivity index (χ0n) is 24.8. The lowest BCUT2D eigenvalue weighted by Crippen LogP contribution is -2.46. The van der Waals surface area contributed by atoms with Crippen molar-refractivity contribution in [2.24, 2.45) is 5.41 Å². The quantitative estimate of drug-likeness (QED) is 0.339. The molecule has 0 amide bonds. The molecular formula is C33H49N7. The van der Waals surface area contributed by atoms with Gasteiger partial charge in [0.1, 0.15) is 11.6 Å². The highest BCUT2D eigenvalue weighted by molar-refractivity contribution is 5.23. The normalized spacial score (nSPS) is 20.8. The summed E-state index contributed by atoms with van der Waals surface area (Å²) in [5.41, 5.74) is 3.35. The lowest BCUT2D eigenvalue weighted by molar-refractivity contribution is 0.0615. The minimum atomic E-state index is 0.399. The molecule has 1 aromatic carbocycles. The van der Waals surface area contributed by atoms with Gasteiger partial charge in [0.05, 0.1) is 13.1 Å². The summed E-state index contributed by atoms with van der Waals surface area (Å²) in [6, 6.07) is 10.6. The summed E-state index contributed by atoms with van der Waals surface area (Å²) >= 11 is 0. The molecular weight excluding hydrogens is 494 g/mol. The van der Waals surface area contributed by atoms with Gasteiger partial charge >= 0.3 is 0 Å². The fraction of sp³-hybridized carbons (Fsp3) is 0.636. The van der Waals surface area contributed by atoms with Crippen molar-refractivity contribution < 1.29 is 0 Å². The summed E-state index contributed by atoms with van der Waals surface area (Å²) in [7, 11) is 0. The molecule has 3 aromatic rings. The number of rotatable bonds is 10. The number of H-pyrrole nitrogens is 1. The number of hydrogen-bond acceptors (Lipinski definition) is 5. The monoisotopic (exact) mass is 543 g/mol. The predicted molar refractivity (Wildman–Crippen MR) is 161 cm³/mol. The fourth-order valence-corrected chi connectivity index (χ4v) is 7.55. The second-order valence-electron chi connectivity index (χ2n) is 13.1. The Morgan fingerprint density at radius 3 is 2.38 bits per heavy atom. The van der Waals surface area contributed by atoms with Crippen LogP contribution in [0, 0.1) is 5.41 Å². The summed E-state index contributed by atoms with van der Waals surface area (Å²) in [6.07, 6.45) is 19.2. The SMILES string of the molecule is CC(C)n1ccnc1CN(Cc1ccc(CN2CCC3(CCN(C4CCCCC4)CC3)C2)cc1)Cc1ncc[nH]1. The van der Waals surface area contributed by atoms with Gasteiger partial charge in [-0.1, -0.05) is 43.5 Å². The number of likely N-dealkylation sites (tertiary alicyclic amines) is 2. The van der Waals surface area contributed by atoms with Gasteiger partial charge in [0, 0.05) is 56.5 Å². The molecule has 1 spiro atoms. The standard InChI is InChI=1S/C33H49N7/c1-27(2)40-21-17-36-32(40)25-38(24-31-34-15-16-35-31)23-29-10-8-28(9-11-29)22-37-18-12-33(26-37)13-19-39(20-14-33)30-6-4-3-5-7-30/h8-11,15-17,21,27,30H,3-7,12-14,18-20,22-26H2,1-2H3,(H,34,35). The highest BCUT2D eigenvalue weighted by Crippen LogP contribution is 2.42. The number of nitrogens with one attached hydrogen (secondary N) is 1. The fourth-order valence-electron chi connectivity index (χ4n) is 7.55. The molecule has 2 aromatic heterocycles. The highest BCUT2D eigenvalue weighted by atomic mass is 15.2. The first-order valence-corrected chi connectivity index (χ1v) is 15.8. The Balaban J connectivity index is 1.03. The molecule has 2 aliphatic heterocycles. The van der Waals surface area contributed by atoms with Crippen LogP contribution >= 0.6 is 0 Å². The van der Waals surface area contributed by atoms with Crippen molar-refractivity contribution in [3.8, 4) is 0 Å². The maximum Gasteiger partial charge on any atom is 0.123 e. The van der Waals surface area contributed by atoms with Gasteiger partial charge in [-0.15, -0.1) is 0 Å². The average Bonchev–Trinajstić information content (AvgIpc) is 3.73. The topological polar surface area (TPSA) is 56.2 Å². The molecule has 40 heavy (non-hydrogen) atoms. The van der Waals surface area contributed by atoms with Crippen molar-refractivity contribution in [3.05, 3.63) is 71.8 Å². The minimum absolute atomic E-state index is 0.399. The molecule has 6 rings (SSSR count). The maximum absolute atomic E-state index is 4.67. The third-order valence-electron chi connectivity index (χ3n) is 9.90.